The summed E-state index contributed by atoms with van der Waals surface area (Å²) in [4.78, 5) is 14.3. The molecule has 2 rings (SSSR count). The average Bonchev–Trinajstić information content (AvgIpc) is 2.51. The zero-order valence-corrected chi connectivity index (χ0v) is 12.8. The van der Waals surface area contributed by atoms with E-state index in [1.54, 1.807) is 35.0 Å². The van der Waals surface area contributed by atoms with Crippen molar-refractivity contribution in [3.63, 3.8) is 0 Å². The van der Waals surface area contributed by atoms with E-state index < -0.39 is 0 Å². The maximum atomic E-state index is 12.3. The van der Waals surface area contributed by atoms with Gasteiger partial charge in [-0.2, -0.15) is 5.26 Å². The Morgan fingerprint density at radius 2 is 1.95 bits per heavy atom. The fourth-order valence-electron chi connectivity index (χ4n) is 1.97. The van der Waals surface area contributed by atoms with Gasteiger partial charge in [-0.3, -0.25) is 4.79 Å². The van der Waals surface area contributed by atoms with Gasteiger partial charge in [0.15, 0.2) is 5.75 Å². The molecule has 0 radical (unpaired) electrons. The molecule has 0 spiro atoms. The van der Waals surface area contributed by atoms with Gasteiger partial charge in [-0.1, -0.05) is 12.1 Å². The first-order valence-corrected chi connectivity index (χ1v) is 7.06. The number of ether oxygens (including phenoxy) is 1. The van der Waals surface area contributed by atoms with Gasteiger partial charge >= 0.3 is 0 Å². The molecule has 0 unspecified atom stereocenters. The Kier molecular flexibility index (Phi) is 5.34. The van der Waals surface area contributed by atoms with E-state index in [1.807, 2.05) is 31.1 Å². The summed E-state index contributed by atoms with van der Waals surface area (Å²) in [7, 11) is 3.91. The van der Waals surface area contributed by atoms with Crippen LogP contribution in [0.15, 0.2) is 47.4 Å². The monoisotopic (exact) mass is 297 g/mol. The summed E-state index contributed by atoms with van der Waals surface area (Å²) in [6, 6.07) is 12.8. The van der Waals surface area contributed by atoms with Gasteiger partial charge in [0.1, 0.15) is 6.61 Å². The van der Waals surface area contributed by atoms with Crippen molar-refractivity contribution in [2.75, 3.05) is 27.2 Å². The quantitative estimate of drug-likeness (QED) is 0.814. The van der Waals surface area contributed by atoms with Crippen LogP contribution < -0.4 is 10.3 Å². The topological polar surface area (TPSA) is 58.3 Å². The molecule has 1 heterocycles. The molecule has 0 saturated heterocycles. The normalized spacial score (nSPS) is 10.5. The molecule has 5 nitrogen and oxygen atoms in total. The van der Waals surface area contributed by atoms with Crippen molar-refractivity contribution in [2.24, 2.45) is 0 Å². The van der Waals surface area contributed by atoms with Crippen molar-refractivity contribution < 1.29 is 4.74 Å². The Morgan fingerprint density at radius 3 is 2.59 bits per heavy atom. The van der Waals surface area contributed by atoms with E-state index in [1.165, 1.54) is 0 Å². The van der Waals surface area contributed by atoms with Crippen LogP contribution in [0.4, 0.5) is 0 Å². The third kappa shape index (κ3) is 4.21. The fraction of sp³-hybridized carbons (Fsp3) is 0.294. The number of aromatic nitrogens is 1. The highest BCUT2D eigenvalue weighted by atomic mass is 16.5. The van der Waals surface area contributed by atoms with E-state index in [9.17, 15) is 4.79 Å². The molecule has 22 heavy (non-hydrogen) atoms. The summed E-state index contributed by atoms with van der Waals surface area (Å²) in [5.41, 5.74) is 1.43. The summed E-state index contributed by atoms with van der Waals surface area (Å²) in [5, 5.41) is 8.79. The summed E-state index contributed by atoms with van der Waals surface area (Å²) in [6.45, 7) is 1.68. The van der Waals surface area contributed by atoms with E-state index in [2.05, 4.69) is 6.07 Å². The van der Waals surface area contributed by atoms with Crippen LogP contribution >= 0.6 is 0 Å². The number of pyridine rings is 1. The highest BCUT2D eigenvalue weighted by Gasteiger charge is 2.05. The summed E-state index contributed by atoms with van der Waals surface area (Å²) in [6.07, 6.45) is 1.74. The molecule has 1 aromatic carbocycles. The van der Waals surface area contributed by atoms with Crippen molar-refractivity contribution in [1.82, 2.24) is 9.47 Å². The lowest BCUT2D eigenvalue weighted by Gasteiger charge is -2.12. The van der Waals surface area contributed by atoms with E-state index in [-0.39, 0.29) is 5.56 Å². The molecule has 0 N–H and O–H groups in total. The van der Waals surface area contributed by atoms with Crippen LogP contribution in [0, 0.1) is 11.3 Å². The van der Waals surface area contributed by atoms with Gasteiger partial charge in [0.25, 0.3) is 5.56 Å². The van der Waals surface area contributed by atoms with Crippen LogP contribution in [0.5, 0.6) is 5.75 Å². The van der Waals surface area contributed by atoms with Crippen LogP contribution in [0.1, 0.15) is 11.1 Å². The van der Waals surface area contributed by atoms with Gasteiger partial charge in [0.2, 0.25) is 0 Å². The van der Waals surface area contributed by atoms with Crippen molar-refractivity contribution in [2.45, 2.75) is 6.54 Å². The van der Waals surface area contributed by atoms with E-state index in [0.29, 0.717) is 24.5 Å². The predicted octanol–water partition coefficient (Wildman–Crippen LogP) is 1.71. The second-order valence-electron chi connectivity index (χ2n) is 5.27. The molecule has 0 fully saturated rings. The summed E-state index contributed by atoms with van der Waals surface area (Å²) >= 11 is 0. The molecule has 1 aromatic heterocycles. The number of nitriles is 1. The maximum Gasteiger partial charge on any atom is 0.293 e. The molecule has 0 bridgehead atoms. The Bertz CT molecular complexity index is 712. The van der Waals surface area contributed by atoms with Gasteiger partial charge < -0.3 is 14.2 Å². The van der Waals surface area contributed by atoms with E-state index >= 15 is 0 Å². The smallest absolute Gasteiger partial charge is 0.293 e. The first kappa shape index (κ1) is 15.8. The molecule has 0 aliphatic rings. The summed E-state index contributed by atoms with van der Waals surface area (Å²) in [5.74, 6) is 0.359. The largest absolute Gasteiger partial charge is 0.487 e. The molecule has 0 aliphatic heterocycles. The second-order valence-corrected chi connectivity index (χ2v) is 5.27. The molecular weight excluding hydrogens is 278 g/mol. The molecular formula is C17H19N3O2. The molecule has 0 atom stereocenters. The van der Waals surface area contributed by atoms with Gasteiger partial charge in [-0.25, -0.2) is 0 Å². The lowest BCUT2D eigenvalue weighted by molar-refractivity contribution is 0.257. The first-order chi connectivity index (χ1) is 10.6. The third-order valence-corrected chi connectivity index (χ3v) is 3.22. The number of rotatable bonds is 6. The minimum absolute atomic E-state index is 0.148. The number of hydrogen-bond donors (Lipinski definition) is 0. The van der Waals surface area contributed by atoms with Gasteiger partial charge in [-0.05, 0) is 43.9 Å². The molecule has 114 valence electrons. The Morgan fingerprint density at radius 1 is 1.23 bits per heavy atom. The molecule has 2 aromatic rings. The minimum atomic E-state index is -0.148. The van der Waals surface area contributed by atoms with Gasteiger partial charge in [0.05, 0.1) is 18.2 Å². The van der Waals surface area contributed by atoms with Crippen LogP contribution in [-0.4, -0.2) is 36.7 Å². The third-order valence-electron chi connectivity index (χ3n) is 3.22. The highest BCUT2D eigenvalue weighted by Crippen LogP contribution is 2.07. The lowest BCUT2D eigenvalue weighted by atomic mass is 10.1. The number of hydrogen-bond acceptors (Lipinski definition) is 4. The Hall–Kier alpha value is -2.58. The molecule has 5 heteroatoms. The predicted molar refractivity (Wildman–Crippen MR) is 85.0 cm³/mol. The van der Waals surface area contributed by atoms with Crippen molar-refractivity contribution in [1.29, 1.82) is 5.26 Å². The zero-order valence-electron chi connectivity index (χ0n) is 12.8. The lowest BCUT2D eigenvalue weighted by Crippen LogP contribution is -2.25. The van der Waals surface area contributed by atoms with Crippen molar-refractivity contribution in [3.8, 4) is 11.8 Å². The molecule has 0 saturated carbocycles. The Balaban J connectivity index is 2.11. The van der Waals surface area contributed by atoms with Crippen LogP contribution in [0.25, 0.3) is 0 Å². The molecule has 0 amide bonds. The van der Waals surface area contributed by atoms with E-state index in [4.69, 9.17) is 10.00 Å². The fourth-order valence-corrected chi connectivity index (χ4v) is 1.97. The van der Waals surface area contributed by atoms with Crippen LogP contribution in [-0.2, 0) is 6.54 Å². The standard InChI is InChI=1S/C17H19N3O2/c1-19(2)10-11-22-16-4-3-9-20(17(16)21)13-15-7-5-14(12-18)6-8-15/h3-9H,10-11,13H2,1-2H3. The number of benzene rings is 1. The molecule has 0 aliphatic carbocycles. The second kappa shape index (κ2) is 7.43. The number of likely N-dealkylation sites (N-methyl/N-ethyl adjacent to an activating group) is 1. The maximum absolute atomic E-state index is 12.3. The van der Waals surface area contributed by atoms with Crippen LogP contribution in [0.2, 0.25) is 0 Å². The number of nitrogens with zero attached hydrogens (tertiary/aromatic N) is 3. The van der Waals surface area contributed by atoms with Crippen LogP contribution in [0.3, 0.4) is 0 Å². The SMILES string of the molecule is CN(C)CCOc1cccn(Cc2ccc(C#N)cc2)c1=O. The summed E-state index contributed by atoms with van der Waals surface area (Å²) < 4.78 is 7.15. The minimum Gasteiger partial charge on any atom is -0.487 e. The van der Waals surface area contributed by atoms with Crippen molar-refractivity contribution in [3.05, 3.63) is 64.1 Å². The highest BCUT2D eigenvalue weighted by molar-refractivity contribution is 5.32. The first-order valence-electron chi connectivity index (χ1n) is 7.06. The van der Waals surface area contributed by atoms with Gasteiger partial charge in [0, 0.05) is 12.7 Å². The Labute approximate surface area is 130 Å². The van der Waals surface area contributed by atoms with Crippen molar-refractivity contribution >= 4 is 0 Å². The van der Waals surface area contributed by atoms with E-state index in [0.717, 1.165) is 12.1 Å². The average molecular weight is 297 g/mol. The van der Waals surface area contributed by atoms with Gasteiger partial charge in [-0.15, -0.1) is 0 Å². The zero-order chi connectivity index (χ0) is 15.9.